The summed E-state index contributed by atoms with van der Waals surface area (Å²) >= 11 is 7.17. The molecule has 2 aromatic heterocycles. The summed E-state index contributed by atoms with van der Waals surface area (Å²) in [4.78, 5) is 4.61. The van der Waals surface area contributed by atoms with Crippen molar-refractivity contribution in [2.75, 3.05) is 0 Å². The summed E-state index contributed by atoms with van der Waals surface area (Å²) in [6.45, 7) is 3.00. The molecule has 1 aromatic carbocycles. The van der Waals surface area contributed by atoms with E-state index in [2.05, 4.69) is 40.1 Å². The van der Waals surface area contributed by atoms with Crippen molar-refractivity contribution in [2.45, 2.75) is 13.5 Å². The molecule has 0 radical (unpaired) electrons. The molecule has 3 rings (SSSR count). The Morgan fingerprint density at radius 3 is 2.88 bits per heavy atom. The van der Waals surface area contributed by atoms with Crippen LogP contribution in [0.1, 0.15) is 10.4 Å². The zero-order chi connectivity index (χ0) is 11.8. The number of hydrogen-bond acceptors (Lipinski definition) is 2. The summed E-state index contributed by atoms with van der Waals surface area (Å²) in [6.07, 6.45) is 0. The Morgan fingerprint density at radius 2 is 2.12 bits per heavy atom. The standard InChI is InChI=1S/C13H12N2S2/c1-9-6-7-17-12(9)8-15-11-5-3-2-4-10(11)14-13(15)16/h2-7H,8H2,1H3,(H,14,16). The minimum Gasteiger partial charge on any atom is -0.331 e. The van der Waals surface area contributed by atoms with Crippen molar-refractivity contribution >= 4 is 34.6 Å². The van der Waals surface area contributed by atoms with Gasteiger partial charge < -0.3 is 9.55 Å². The molecule has 1 N–H and O–H groups in total. The van der Waals surface area contributed by atoms with Crippen LogP contribution in [-0.4, -0.2) is 9.55 Å². The van der Waals surface area contributed by atoms with Crippen LogP contribution in [-0.2, 0) is 6.54 Å². The fraction of sp³-hybridized carbons (Fsp3) is 0.154. The summed E-state index contributed by atoms with van der Waals surface area (Å²) in [5.41, 5.74) is 3.61. The first-order valence-corrected chi connectivity index (χ1v) is 6.75. The van der Waals surface area contributed by atoms with Gasteiger partial charge in [-0.15, -0.1) is 11.3 Å². The van der Waals surface area contributed by atoms with Crippen LogP contribution in [0.25, 0.3) is 11.0 Å². The second kappa shape index (κ2) is 4.13. The molecular formula is C13H12N2S2. The van der Waals surface area contributed by atoms with Crippen molar-refractivity contribution in [3.05, 3.63) is 50.9 Å². The normalized spacial score (nSPS) is 11.1. The van der Waals surface area contributed by atoms with Crippen molar-refractivity contribution in [2.24, 2.45) is 0 Å². The topological polar surface area (TPSA) is 20.7 Å². The average Bonchev–Trinajstić information content (AvgIpc) is 2.85. The highest BCUT2D eigenvalue weighted by atomic mass is 32.1. The first kappa shape index (κ1) is 10.7. The van der Waals surface area contributed by atoms with Crippen LogP contribution in [0.2, 0.25) is 0 Å². The maximum absolute atomic E-state index is 5.38. The summed E-state index contributed by atoms with van der Waals surface area (Å²) in [6, 6.07) is 10.4. The number of aryl methyl sites for hydroxylation is 1. The molecule has 0 spiro atoms. The Hall–Kier alpha value is -1.39. The van der Waals surface area contributed by atoms with Gasteiger partial charge in [-0.05, 0) is 48.3 Å². The predicted octanol–water partition coefficient (Wildman–Crippen LogP) is 4.12. The van der Waals surface area contributed by atoms with E-state index in [4.69, 9.17) is 12.2 Å². The van der Waals surface area contributed by atoms with Crippen LogP contribution in [0.4, 0.5) is 0 Å². The molecule has 86 valence electrons. The Kier molecular flexibility index (Phi) is 2.61. The monoisotopic (exact) mass is 260 g/mol. The van der Waals surface area contributed by atoms with Crippen LogP contribution in [0.15, 0.2) is 35.7 Å². The molecule has 17 heavy (non-hydrogen) atoms. The zero-order valence-electron chi connectivity index (χ0n) is 9.43. The van der Waals surface area contributed by atoms with Gasteiger partial charge in [0.05, 0.1) is 17.6 Å². The maximum Gasteiger partial charge on any atom is 0.178 e. The number of imidazole rings is 1. The summed E-state index contributed by atoms with van der Waals surface area (Å²) in [5.74, 6) is 0. The number of aromatic amines is 1. The number of H-pyrrole nitrogens is 1. The molecule has 0 bridgehead atoms. The number of thiophene rings is 1. The fourth-order valence-electron chi connectivity index (χ4n) is 1.97. The van der Waals surface area contributed by atoms with Gasteiger partial charge in [0, 0.05) is 4.88 Å². The van der Waals surface area contributed by atoms with Gasteiger partial charge in [-0.25, -0.2) is 0 Å². The molecule has 0 aliphatic heterocycles. The van der Waals surface area contributed by atoms with Crippen molar-refractivity contribution in [1.82, 2.24) is 9.55 Å². The number of hydrogen-bond donors (Lipinski definition) is 1. The Labute approximate surface area is 109 Å². The molecule has 0 atom stereocenters. The van der Waals surface area contributed by atoms with Gasteiger partial charge in [0.25, 0.3) is 0 Å². The molecular weight excluding hydrogens is 248 g/mol. The number of benzene rings is 1. The van der Waals surface area contributed by atoms with E-state index < -0.39 is 0 Å². The third-order valence-electron chi connectivity index (χ3n) is 2.95. The minimum atomic E-state index is 0.791. The zero-order valence-corrected chi connectivity index (χ0v) is 11.1. The Balaban J connectivity index is 2.15. The predicted molar refractivity (Wildman–Crippen MR) is 75.3 cm³/mol. The lowest BCUT2D eigenvalue weighted by molar-refractivity contribution is 0.819. The van der Waals surface area contributed by atoms with Gasteiger partial charge in [0.15, 0.2) is 4.77 Å². The second-order valence-corrected chi connectivity index (χ2v) is 5.45. The van der Waals surface area contributed by atoms with Crippen LogP contribution in [0.3, 0.4) is 0 Å². The SMILES string of the molecule is Cc1ccsc1Cn1c(=S)[nH]c2ccccc21. The molecule has 0 fully saturated rings. The number of nitrogens with one attached hydrogen (secondary N) is 1. The van der Waals surface area contributed by atoms with Gasteiger partial charge in [-0.1, -0.05) is 12.1 Å². The van der Waals surface area contributed by atoms with Crippen molar-refractivity contribution in [3.8, 4) is 0 Å². The number of fused-ring (bicyclic) bond motifs is 1. The third-order valence-corrected chi connectivity index (χ3v) is 4.28. The largest absolute Gasteiger partial charge is 0.331 e. The number of nitrogens with zero attached hydrogens (tertiary/aromatic N) is 1. The molecule has 0 aliphatic carbocycles. The molecule has 3 aromatic rings. The van der Waals surface area contributed by atoms with Crippen LogP contribution < -0.4 is 0 Å². The minimum absolute atomic E-state index is 0.791. The van der Waals surface area contributed by atoms with Crippen LogP contribution in [0.5, 0.6) is 0 Å². The third kappa shape index (κ3) is 1.83. The second-order valence-electron chi connectivity index (χ2n) is 4.06. The van der Waals surface area contributed by atoms with Crippen molar-refractivity contribution in [3.63, 3.8) is 0 Å². The number of para-hydroxylation sites is 2. The van der Waals surface area contributed by atoms with Crippen molar-refractivity contribution in [1.29, 1.82) is 0 Å². The highest BCUT2D eigenvalue weighted by molar-refractivity contribution is 7.71. The average molecular weight is 260 g/mol. The molecule has 0 saturated heterocycles. The van der Waals surface area contributed by atoms with E-state index in [9.17, 15) is 0 Å². The van der Waals surface area contributed by atoms with Gasteiger partial charge in [0.1, 0.15) is 0 Å². The lowest BCUT2D eigenvalue weighted by Crippen LogP contribution is -1.98. The lowest BCUT2D eigenvalue weighted by atomic mass is 10.3. The van der Waals surface area contributed by atoms with E-state index in [1.165, 1.54) is 16.0 Å². The van der Waals surface area contributed by atoms with E-state index in [0.717, 1.165) is 16.8 Å². The van der Waals surface area contributed by atoms with Crippen LogP contribution in [0, 0.1) is 11.7 Å². The number of rotatable bonds is 2. The summed E-state index contributed by atoms with van der Waals surface area (Å²) in [7, 11) is 0. The number of aromatic nitrogens is 2. The Bertz CT molecular complexity index is 718. The van der Waals surface area contributed by atoms with Gasteiger partial charge in [-0.2, -0.15) is 0 Å². The fourth-order valence-corrected chi connectivity index (χ4v) is 3.14. The molecule has 0 unspecified atom stereocenters. The Morgan fingerprint density at radius 1 is 1.29 bits per heavy atom. The van der Waals surface area contributed by atoms with E-state index in [0.29, 0.717) is 0 Å². The van der Waals surface area contributed by atoms with E-state index >= 15 is 0 Å². The van der Waals surface area contributed by atoms with Gasteiger partial charge in [0.2, 0.25) is 0 Å². The molecule has 2 nitrogen and oxygen atoms in total. The quantitative estimate of drug-likeness (QED) is 0.687. The highest BCUT2D eigenvalue weighted by Crippen LogP contribution is 2.20. The summed E-state index contributed by atoms with van der Waals surface area (Å²) < 4.78 is 2.95. The maximum atomic E-state index is 5.38. The smallest absolute Gasteiger partial charge is 0.178 e. The molecule has 4 heteroatoms. The van der Waals surface area contributed by atoms with E-state index in [-0.39, 0.29) is 0 Å². The molecule has 0 saturated carbocycles. The first-order valence-electron chi connectivity index (χ1n) is 5.46. The molecule has 0 amide bonds. The highest BCUT2D eigenvalue weighted by Gasteiger charge is 2.06. The summed E-state index contributed by atoms with van der Waals surface area (Å²) in [5, 5.41) is 2.13. The first-order chi connectivity index (χ1) is 8.25. The molecule has 2 heterocycles. The van der Waals surface area contributed by atoms with Gasteiger partial charge in [-0.3, -0.25) is 0 Å². The molecule has 0 aliphatic rings. The van der Waals surface area contributed by atoms with Crippen LogP contribution >= 0.6 is 23.6 Å². The van der Waals surface area contributed by atoms with E-state index in [1.54, 1.807) is 11.3 Å². The van der Waals surface area contributed by atoms with E-state index in [1.807, 2.05) is 12.1 Å². The van der Waals surface area contributed by atoms with Crippen molar-refractivity contribution < 1.29 is 0 Å². The van der Waals surface area contributed by atoms with Gasteiger partial charge >= 0.3 is 0 Å². The lowest BCUT2D eigenvalue weighted by Gasteiger charge is -2.03.